The lowest BCUT2D eigenvalue weighted by Crippen LogP contribution is -2.53. The van der Waals surface area contributed by atoms with Crippen molar-refractivity contribution in [3.05, 3.63) is 30.3 Å². The average Bonchev–Trinajstić information content (AvgIpc) is 2.78. The summed E-state index contributed by atoms with van der Waals surface area (Å²) < 4.78 is 5.26. The Morgan fingerprint density at radius 2 is 1.72 bits per heavy atom. The highest BCUT2D eigenvalue weighted by molar-refractivity contribution is 5.87. The van der Waals surface area contributed by atoms with E-state index in [1.807, 2.05) is 30.3 Å². The van der Waals surface area contributed by atoms with Crippen LogP contribution < -0.4 is 15.7 Å². The van der Waals surface area contributed by atoms with E-state index >= 15 is 0 Å². The number of benzene rings is 1. The van der Waals surface area contributed by atoms with E-state index in [2.05, 4.69) is 10.2 Å². The molecule has 0 spiro atoms. The molecule has 1 aromatic rings. The topological polar surface area (TPSA) is 111 Å². The van der Waals surface area contributed by atoms with Crippen molar-refractivity contribution in [1.82, 2.24) is 15.7 Å². The van der Waals surface area contributed by atoms with Gasteiger partial charge >= 0.3 is 6.09 Å². The lowest BCUT2D eigenvalue weighted by molar-refractivity contribution is -0.149. The molecule has 1 aromatic carbocycles. The Morgan fingerprint density at radius 1 is 1.03 bits per heavy atom. The van der Waals surface area contributed by atoms with Gasteiger partial charge in [0.05, 0.1) is 11.8 Å². The highest BCUT2D eigenvalue weighted by Gasteiger charge is 2.42. The van der Waals surface area contributed by atoms with E-state index in [0.29, 0.717) is 25.9 Å². The molecule has 9 nitrogen and oxygen atoms in total. The van der Waals surface area contributed by atoms with Gasteiger partial charge in [-0.15, -0.1) is 0 Å². The van der Waals surface area contributed by atoms with Gasteiger partial charge in [0, 0.05) is 38.9 Å². The molecular formula is C20H28N4O5. The number of nitrogens with zero attached hydrogens (tertiary/aromatic N) is 2. The smallest absolute Gasteiger partial charge is 0.407 e. The van der Waals surface area contributed by atoms with E-state index in [0.717, 1.165) is 18.8 Å². The Morgan fingerprint density at radius 3 is 2.34 bits per heavy atom. The molecule has 1 aliphatic heterocycles. The fourth-order valence-corrected chi connectivity index (χ4v) is 4.18. The Bertz CT molecular complexity index is 721. The lowest BCUT2D eigenvalue weighted by atomic mass is 9.76. The Kier molecular flexibility index (Phi) is 6.92. The molecule has 29 heavy (non-hydrogen) atoms. The molecule has 3 rings (SSSR count). The molecule has 0 radical (unpaired) electrons. The standard InChI is InChI=1S/C20H28N4O5/c1-21-20(27)29-15-7-8-16(17(13-15)18(25)22-28)19(26)24-11-9-23(10-12-24)14-5-3-2-4-6-14/h2-6,15-17,28H,7-13H2,1H3,(H,21,27)(H,22,25)/t15-,16+,17+/m1/s1. The minimum atomic E-state index is -0.733. The monoisotopic (exact) mass is 404 g/mol. The van der Waals surface area contributed by atoms with Crippen LogP contribution in [0.25, 0.3) is 0 Å². The summed E-state index contributed by atoms with van der Waals surface area (Å²) in [6.07, 6.45) is 0.108. The molecule has 3 N–H and O–H groups in total. The van der Waals surface area contributed by atoms with Crippen molar-refractivity contribution < 1.29 is 24.3 Å². The van der Waals surface area contributed by atoms with Gasteiger partial charge in [-0.2, -0.15) is 0 Å². The molecule has 9 heteroatoms. The molecule has 3 atom stereocenters. The number of hydrogen-bond acceptors (Lipinski definition) is 6. The molecule has 1 saturated heterocycles. The SMILES string of the molecule is CNC(=O)O[C@@H]1CC[C@H](C(=O)N2CCN(c3ccccc3)CC2)[C@@H](C(=O)NO)C1. The Balaban J connectivity index is 1.61. The van der Waals surface area contributed by atoms with Crippen molar-refractivity contribution >= 4 is 23.6 Å². The highest BCUT2D eigenvalue weighted by Crippen LogP contribution is 2.34. The minimum Gasteiger partial charge on any atom is -0.446 e. The first-order valence-electron chi connectivity index (χ1n) is 9.94. The van der Waals surface area contributed by atoms with Gasteiger partial charge in [0.2, 0.25) is 11.8 Å². The number of amides is 3. The Hall–Kier alpha value is -2.81. The van der Waals surface area contributed by atoms with E-state index in [-0.39, 0.29) is 12.3 Å². The van der Waals surface area contributed by atoms with Gasteiger partial charge in [-0.25, -0.2) is 10.3 Å². The summed E-state index contributed by atoms with van der Waals surface area (Å²) in [7, 11) is 1.46. The predicted molar refractivity (Wildman–Crippen MR) is 105 cm³/mol. The number of carbonyl (C=O) groups is 3. The molecule has 2 aliphatic rings. The van der Waals surface area contributed by atoms with Crippen molar-refractivity contribution in [2.24, 2.45) is 11.8 Å². The van der Waals surface area contributed by atoms with Crippen LogP contribution in [-0.2, 0) is 14.3 Å². The van der Waals surface area contributed by atoms with Crippen LogP contribution in [0.1, 0.15) is 19.3 Å². The molecule has 0 unspecified atom stereocenters. The summed E-state index contributed by atoms with van der Waals surface area (Å²) in [5.74, 6) is -1.96. The van der Waals surface area contributed by atoms with Gasteiger partial charge < -0.3 is 19.9 Å². The van der Waals surface area contributed by atoms with Crippen LogP contribution in [0.2, 0.25) is 0 Å². The third-order valence-corrected chi connectivity index (χ3v) is 5.76. The minimum absolute atomic E-state index is 0.0790. The summed E-state index contributed by atoms with van der Waals surface area (Å²) in [5, 5.41) is 11.5. The summed E-state index contributed by atoms with van der Waals surface area (Å²) in [4.78, 5) is 40.8. The van der Waals surface area contributed by atoms with E-state index in [9.17, 15) is 14.4 Å². The molecule has 1 saturated carbocycles. The number of hydrogen-bond donors (Lipinski definition) is 3. The second-order valence-corrected chi connectivity index (χ2v) is 7.43. The van der Waals surface area contributed by atoms with Gasteiger partial charge in [-0.05, 0) is 31.4 Å². The van der Waals surface area contributed by atoms with Crippen LogP contribution in [0.15, 0.2) is 30.3 Å². The van der Waals surface area contributed by atoms with E-state index in [4.69, 9.17) is 9.94 Å². The maximum atomic E-state index is 13.1. The molecule has 0 bridgehead atoms. The maximum absolute atomic E-state index is 13.1. The average molecular weight is 404 g/mol. The fourth-order valence-electron chi connectivity index (χ4n) is 4.18. The van der Waals surface area contributed by atoms with Gasteiger partial charge in [0.15, 0.2) is 0 Å². The van der Waals surface area contributed by atoms with Crippen LogP contribution in [0.5, 0.6) is 0 Å². The van der Waals surface area contributed by atoms with Crippen molar-refractivity contribution in [1.29, 1.82) is 0 Å². The molecule has 3 amide bonds. The number of carbonyl (C=O) groups excluding carboxylic acids is 3. The van der Waals surface area contributed by atoms with Crippen LogP contribution in [0.3, 0.4) is 0 Å². The van der Waals surface area contributed by atoms with Crippen molar-refractivity contribution in [2.75, 3.05) is 38.1 Å². The second-order valence-electron chi connectivity index (χ2n) is 7.43. The normalized spacial score (nSPS) is 24.6. The van der Waals surface area contributed by atoms with Crippen molar-refractivity contribution in [3.8, 4) is 0 Å². The summed E-state index contributed by atoms with van der Waals surface area (Å²) >= 11 is 0. The van der Waals surface area contributed by atoms with Crippen LogP contribution in [-0.4, -0.2) is 67.3 Å². The van der Waals surface area contributed by atoms with E-state index < -0.39 is 29.9 Å². The van der Waals surface area contributed by atoms with Crippen molar-refractivity contribution in [2.45, 2.75) is 25.4 Å². The number of ether oxygens (including phenoxy) is 1. The molecule has 2 fully saturated rings. The zero-order valence-corrected chi connectivity index (χ0v) is 16.5. The van der Waals surface area contributed by atoms with E-state index in [1.54, 1.807) is 10.4 Å². The van der Waals surface area contributed by atoms with Gasteiger partial charge in [-0.1, -0.05) is 18.2 Å². The number of anilines is 1. The number of hydroxylamine groups is 1. The highest BCUT2D eigenvalue weighted by atomic mass is 16.6. The summed E-state index contributed by atoms with van der Waals surface area (Å²) in [6, 6.07) is 10.0. The number of piperazine rings is 1. The quantitative estimate of drug-likeness (QED) is 0.510. The first-order valence-corrected chi connectivity index (χ1v) is 9.94. The van der Waals surface area contributed by atoms with Gasteiger partial charge in [-0.3, -0.25) is 14.8 Å². The second kappa shape index (κ2) is 9.60. The third kappa shape index (κ3) is 4.97. The zero-order chi connectivity index (χ0) is 20.8. The lowest BCUT2D eigenvalue weighted by Gasteiger charge is -2.40. The van der Waals surface area contributed by atoms with Gasteiger partial charge in [0.1, 0.15) is 6.10 Å². The van der Waals surface area contributed by atoms with Gasteiger partial charge in [0.25, 0.3) is 0 Å². The Labute approximate surface area is 169 Å². The van der Waals surface area contributed by atoms with Crippen LogP contribution in [0.4, 0.5) is 10.5 Å². The molecule has 1 heterocycles. The summed E-state index contributed by atoms with van der Waals surface area (Å²) in [5.41, 5.74) is 2.79. The maximum Gasteiger partial charge on any atom is 0.407 e. The first-order chi connectivity index (χ1) is 14.0. The largest absolute Gasteiger partial charge is 0.446 e. The van der Waals surface area contributed by atoms with Crippen LogP contribution in [0, 0.1) is 11.8 Å². The molecule has 1 aliphatic carbocycles. The molecule has 158 valence electrons. The zero-order valence-electron chi connectivity index (χ0n) is 16.5. The van der Waals surface area contributed by atoms with Crippen LogP contribution >= 0.6 is 0 Å². The first kappa shape index (κ1) is 20.9. The number of rotatable bonds is 4. The predicted octanol–water partition coefficient (Wildman–Crippen LogP) is 0.982. The number of alkyl carbamates (subject to hydrolysis) is 1. The number of nitrogens with one attached hydrogen (secondary N) is 2. The third-order valence-electron chi connectivity index (χ3n) is 5.76. The van der Waals surface area contributed by atoms with Crippen molar-refractivity contribution in [3.63, 3.8) is 0 Å². The number of para-hydroxylation sites is 1. The summed E-state index contributed by atoms with van der Waals surface area (Å²) in [6.45, 7) is 2.61. The fraction of sp³-hybridized carbons (Fsp3) is 0.550. The molecule has 0 aromatic heterocycles. The van der Waals surface area contributed by atoms with E-state index in [1.165, 1.54) is 7.05 Å². The molecular weight excluding hydrogens is 376 g/mol.